The highest BCUT2D eigenvalue weighted by Gasteiger charge is 2.15. The molecule has 0 aliphatic carbocycles. The molecule has 0 fully saturated rings. The van der Waals surface area contributed by atoms with Gasteiger partial charge in [0.15, 0.2) is 11.6 Å². The highest BCUT2D eigenvalue weighted by molar-refractivity contribution is 7.10. The van der Waals surface area contributed by atoms with Crippen LogP contribution in [0.15, 0.2) is 29.6 Å². The van der Waals surface area contributed by atoms with Gasteiger partial charge in [-0.2, -0.15) is 0 Å². The van der Waals surface area contributed by atoms with Crippen molar-refractivity contribution in [3.05, 3.63) is 57.3 Å². The number of carbonyl (C=O) groups is 1. The van der Waals surface area contributed by atoms with Crippen LogP contribution in [0.25, 0.3) is 0 Å². The lowest BCUT2D eigenvalue weighted by Gasteiger charge is -2.06. The molecule has 0 saturated carbocycles. The van der Waals surface area contributed by atoms with Crippen LogP contribution >= 0.6 is 11.3 Å². The minimum Gasteiger partial charge on any atom is -0.347 e. The lowest BCUT2D eigenvalue weighted by molar-refractivity contribution is 0.0946. The van der Waals surface area contributed by atoms with Crippen molar-refractivity contribution in [2.24, 2.45) is 5.73 Å². The Labute approximate surface area is 124 Å². The van der Waals surface area contributed by atoms with E-state index in [9.17, 15) is 13.6 Å². The molecule has 1 amide bonds. The molecule has 0 bridgehead atoms. The fourth-order valence-electron chi connectivity index (χ4n) is 1.67. The Kier molecular flexibility index (Phi) is 5.04. The molecule has 1 heterocycles. The Morgan fingerprint density at radius 2 is 2.14 bits per heavy atom. The van der Waals surface area contributed by atoms with Crippen LogP contribution in [0, 0.1) is 23.5 Å². The van der Waals surface area contributed by atoms with Crippen molar-refractivity contribution in [3.63, 3.8) is 0 Å². The van der Waals surface area contributed by atoms with Gasteiger partial charge < -0.3 is 11.1 Å². The van der Waals surface area contributed by atoms with Gasteiger partial charge in [0.1, 0.15) is 0 Å². The van der Waals surface area contributed by atoms with Gasteiger partial charge in [0, 0.05) is 10.4 Å². The van der Waals surface area contributed by atoms with Crippen LogP contribution in [-0.2, 0) is 6.54 Å². The molecule has 108 valence electrons. The van der Waals surface area contributed by atoms with E-state index in [1.54, 1.807) is 0 Å². The van der Waals surface area contributed by atoms with E-state index in [0.29, 0.717) is 0 Å². The number of benzene rings is 1. The average molecular weight is 306 g/mol. The number of rotatable bonds is 3. The van der Waals surface area contributed by atoms with Crippen molar-refractivity contribution in [2.45, 2.75) is 6.54 Å². The predicted octanol–water partition coefficient (Wildman–Crippen LogP) is 2.27. The second-order valence-corrected chi connectivity index (χ2v) is 5.05. The first-order valence-corrected chi connectivity index (χ1v) is 6.99. The van der Waals surface area contributed by atoms with Crippen LogP contribution in [0.1, 0.15) is 20.8 Å². The highest BCUT2D eigenvalue weighted by atomic mass is 32.1. The Morgan fingerprint density at radius 1 is 1.33 bits per heavy atom. The molecular formula is C15H12F2N2OS. The van der Waals surface area contributed by atoms with Crippen LogP contribution in [0.4, 0.5) is 8.78 Å². The maximum Gasteiger partial charge on any atom is 0.254 e. The fraction of sp³-hybridized carbons (Fsp3) is 0.133. The number of nitrogens with one attached hydrogen (secondary N) is 1. The number of hydrogen-bond acceptors (Lipinski definition) is 3. The van der Waals surface area contributed by atoms with Crippen molar-refractivity contribution < 1.29 is 13.6 Å². The van der Waals surface area contributed by atoms with Crippen molar-refractivity contribution >= 4 is 17.2 Å². The molecule has 6 heteroatoms. The van der Waals surface area contributed by atoms with Gasteiger partial charge in [-0.1, -0.05) is 17.9 Å². The topological polar surface area (TPSA) is 55.1 Å². The van der Waals surface area contributed by atoms with Crippen LogP contribution < -0.4 is 11.1 Å². The summed E-state index contributed by atoms with van der Waals surface area (Å²) in [6.07, 6.45) is 0. The summed E-state index contributed by atoms with van der Waals surface area (Å²) in [5.41, 5.74) is 5.76. The quantitative estimate of drug-likeness (QED) is 0.855. The zero-order chi connectivity index (χ0) is 15.2. The number of hydrogen-bond donors (Lipinski definition) is 2. The van der Waals surface area contributed by atoms with Crippen molar-refractivity contribution in [2.75, 3.05) is 6.54 Å². The van der Waals surface area contributed by atoms with E-state index < -0.39 is 17.5 Å². The predicted molar refractivity (Wildman–Crippen MR) is 77.8 cm³/mol. The maximum absolute atomic E-state index is 13.5. The third kappa shape index (κ3) is 3.66. The monoisotopic (exact) mass is 306 g/mol. The summed E-state index contributed by atoms with van der Waals surface area (Å²) >= 11 is 1.42. The van der Waals surface area contributed by atoms with Gasteiger partial charge in [0.25, 0.3) is 5.91 Å². The minimum absolute atomic E-state index is 0.195. The van der Waals surface area contributed by atoms with Gasteiger partial charge in [-0.25, -0.2) is 8.78 Å². The van der Waals surface area contributed by atoms with Crippen molar-refractivity contribution in [3.8, 4) is 11.8 Å². The molecule has 0 unspecified atom stereocenters. The van der Waals surface area contributed by atoms with Crippen molar-refractivity contribution in [1.29, 1.82) is 0 Å². The molecule has 0 radical (unpaired) electrons. The summed E-state index contributed by atoms with van der Waals surface area (Å²) in [4.78, 5) is 12.7. The highest BCUT2D eigenvalue weighted by Crippen LogP contribution is 2.16. The molecule has 0 aliphatic heterocycles. The van der Waals surface area contributed by atoms with Gasteiger partial charge in [0.05, 0.1) is 18.7 Å². The molecular weight excluding hydrogens is 294 g/mol. The van der Waals surface area contributed by atoms with Gasteiger partial charge in [0.2, 0.25) is 0 Å². The van der Waals surface area contributed by atoms with E-state index in [0.717, 1.165) is 16.5 Å². The Bertz CT molecular complexity index is 716. The van der Waals surface area contributed by atoms with Crippen LogP contribution in [0.2, 0.25) is 0 Å². The van der Waals surface area contributed by atoms with E-state index in [-0.39, 0.29) is 18.7 Å². The van der Waals surface area contributed by atoms with E-state index in [4.69, 9.17) is 5.73 Å². The zero-order valence-electron chi connectivity index (χ0n) is 11.0. The smallest absolute Gasteiger partial charge is 0.254 e. The average Bonchev–Trinajstić information content (AvgIpc) is 2.93. The lowest BCUT2D eigenvalue weighted by atomic mass is 10.2. The second-order valence-electron chi connectivity index (χ2n) is 4.05. The normalized spacial score (nSPS) is 9.86. The Morgan fingerprint density at radius 3 is 2.90 bits per heavy atom. The molecule has 1 aromatic carbocycles. The van der Waals surface area contributed by atoms with Gasteiger partial charge in [-0.3, -0.25) is 4.79 Å². The molecule has 21 heavy (non-hydrogen) atoms. The number of thiophene rings is 1. The fourth-order valence-corrected chi connectivity index (χ4v) is 2.44. The van der Waals surface area contributed by atoms with Gasteiger partial charge in [-0.05, 0) is 23.6 Å². The molecule has 2 rings (SSSR count). The molecule has 3 nitrogen and oxygen atoms in total. The molecule has 0 spiro atoms. The summed E-state index contributed by atoms with van der Waals surface area (Å²) in [5.74, 6) is 2.75. The first kappa shape index (κ1) is 15.2. The molecule has 1 aromatic heterocycles. The molecule has 0 saturated heterocycles. The minimum atomic E-state index is -1.15. The van der Waals surface area contributed by atoms with E-state index in [1.807, 2.05) is 11.4 Å². The SMILES string of the molecule is NCC#Cc1ccsc1CNC(=O)c1cccc(F)c1F. The Balaban J connectivity index is 2.08. The number of amides is 1. The van der Waals surface area contributed by atoms with E-state index >= 15 is 0 Å². The van der Waals surface area contributed by atoms with Crippen LogP contribution in [0.5, 0.6) is 0 Å². The molecule has 0 aliphatic rings. The maximum atomic E-state index is 13.5. The number of nitrogens with two attached hydrogens (primary N) is 1. The summed E-state index contributed by atoms with van der Waals surface area (Å²) < 4.78 is 26.6. The van der Waals surface area contributed by atoms with E-state index in [1.165, 1.54) is 23.5 Å². The summed E-state index contributed by atoms with van der Waals surface area (Å²) in [5, 5.41) is 4.39. The number of carbonyl (C=O) groups excluding carboxylic acids is 1. The standard InChI is InChI=1S/C15H12F2N2OS/c16-12-5-1-4-11(14(12)17)15(20)19-9-13-10(3-2-7-18)6-8-21-13/h1,4-6,8H,7,9,18H2,(H,19,20). The lowest BCUT2D eigenvalue weighted by Crippen LogP contribution is -2.24. The summed E-state index contributed by atoms with van der Waals surface area (Å²) in [7, 11) is 0. The van der Waals surface area contributed by atoms with Gasteiger partial charge >= 0.3 is 0 Å². The van der Waals surface area contributed by atoms with E-state index in [2.05, 4.69) is 17.2 Å². The zero-order valence-corrected chi connectivity index (χ0v) is 11.8. The first-order chi connectivity index (χ1) is 10.1. The molecule has 3 N–H and O–H groups in total. The number of halogens is 2. The second kappa shape index (κ2) is 6.97. The molecule has 2 aromatic rings. The van der Waals surface area contributed by atoms with Crippen molar-refractivity contribution in [1.82, 2.24) is 5.32 Å². The molecule has 0 atom stereocenters. The third-order valence-corrected chi connectivity index (χ3v) is 3.60. The first-order valence-electron chi connectivity index (χ1n) is 6.11. The van der Waals surface area contributed by atoms with Gasteiger partial charge in [-0.15, -0.1) is 11.3 Å². The third-order valence-electron chi connectivity index (χ3n) is 2.68. The summed E-state index contributed by atoms with van der Waals surface area (Å²) in [6.45, 7) is 0.442. The Hall–Kier alpha value is -2.23. The summed E-state index contributed by atoms with van der Waals surface area (Å²) in [6, 6.07) is 5.30. The van der Waals surface area contributed by atoms with Crippen LogP contribution in [-0.4, -0.2) is 12.5 Å². The van der Waals surface area contributed by atoms with Crippen LogP contribution in [0.3, 0.4) is 0 Å². The largest absolute Gasteiger partial charge is 0.347 e.